The van der Waals surface area contributed by atoms with Gasteiger partial charge in [-0.05, 0) is 12.8 Å². The molecule has 2 aliphatic heterocycles. The van der Waals surface area contributed by atoms with Crippen LogP contribution in [0.2, 0.25) is 0 Å². The van der Waals surface area contributed by atoms with Crippen LogP contribution in [-0.2, 0) is 11.4 Å². The minimum absolute atomic E-state index is 0.268. The fourth-order valence-electron chi connectivity index (χ4n) is 4.19. The van der Waals surface area contributed by atoms with Crippen LogP contribution in [0.15, 0.2) is 22.0 Å². The van der Waals surface area contributed by atoms with Gasteiger partial charge in [0.25, 0.3) is 0 Å². The van der Waals surface area contributed by atoms with Gasteiger partial charge in [0.15, 0.2) is 0 Å². The van der Waals surface area contributed by atoms with Crippen molar-refractivity contribution >= 4 is 5.71 Å². The van der Waals surface area contributed by atoms with Gasteiger partial charge in [-0.2, -0.15) is 0 Å². The van der Waals surface area contributed by atoms with Gasteiger partial charge >= 0.3 is 0 Å². The molecule has 0 aromatic carbocycles. The highest BCUT2D eigenvalue weighted by molar-refractivity contribution is 5.87. The van der Waals surface area contributed by atoms with E-state index in [1.165, 1.54) is 37.8 Å². The summed E-state index contributed by atoms with van der Waals surface area (Å²) in [6, 6.07) is 1.95. The summed E-state index contributed by atoms with van der Waals surface area (Å²) in [5.74, 6) is 0.697. The molecular formula is C18H28N4O2. The summed E-state index contributed by atoms with van der Waals surface area (Å²) in [6.07, 6.45) is 9.71. The number of nitrogens with zero attached hydrogens (tertiary/aromatic N) is 4. The van der Waals surface area contributed by atoms with E-state index >= 15 is 0 Å². The predicted octanol–water partition coefficient (Wildman–Crippen LogP) is 2.52. The van der Waals surface area contributed by atoms with Crippen LogP contribution in [0.25, 0.3) is 0 Å². The van der Waals surface area contributed by atoms with Gasteiger partial charge in [-0.3, -0.25) is 9.80 Å². The summed E-state index contributed by atoms with van der Waals surface area (Å²) in [5.41, 5.74) is 2.36. The number of piperazine rings is 1. The van der Waals surface area contributed by atoms with Crippen LogP contribution in [-0.4, -0.2) is 59.5 Å². The molecule has 3 heterocycles. The van der Waals surface area contributed by atoms with E-state index in [2.05, 4.69) is 20.1 Å². The van der Waals surface area contributed by atoms with Crippen molar-refractivity contribution in [1.29, 1.82) is 0 Å². The third-order valence-corrected chi connectivity index (χ3v) is 5.64. The Morgan fingerprint density at radius 2 is 1.83 bits per heavy atom. The second kappa shape index (κ2) is 7.66. The second-order valence-corrected chi connectivity index (χ2v) is 7.42. The van der Waals surface area contributed by atoms with E-state index in [9.17, 15) is 0 Å². The van der Waals surface area contributed by atoms with Crippen molar-refractivity contribution in [1.82, 2.24) is 15.0 Å². The Morgan fingerprint density at radius 3 is 2.58 bits per heavy atom. The Morgan fingerprint density at radius 1 is 1.04 bits per heavy atom. The molecule has 1 atom stereocenters. The van der Waals surface area contributed by atoms with Crippen molar-refractivity contribution in [2.75, 3.05) is 32.7 Å². The normalized spacial score (nSPS) is 27.2. The monoisotopic (exact) mass is 332 g/mol. The molecule has 0 bridgehead atoms. The Labute approximate surface area is 143 Å². The van der Waals surface area contributed by atoms with Gasteiger partial charge in [0.1, 0.15) is 12.4 Å². The number of hydrogen-bond acceptors (Lipinski definition) is 6. The Bertz CT molecular complexity index is 531. The highest BCUT2D eigenvalue weighted by Crippen LogP contribution is 2.29. The maximum absolute atomic E-state index is 5.74. The molecule has 24 heavy (non-hydrogen) atoms. The first-order valence-corrected chi connectivity index (χ1v) is 9.43. The van der Waals surface area contributed by atoms with Gasteiger partial charge in [-0.15, -0.1) is 0 Å². The Hall–Kier alpha value is -1.40. The molecule has 3 aliphatic rings. The van der Waals surface area contributed by atoms with Crippen molar-refractivity contribution in [3.63, 3.8) is 0 Å². The Kier molecular flexibility index (Phi) is 5.13. The van der Waals surface area contributed by atoms with E-state index in [0.717, 1.165) is 51.4 Å². The molecule has 1 saturated carbocycles. The van der Waals surface area contributed by atoms with E-state index in [1.54, 1.807) is 6.26 Å². The third-order valence-electron chi connectivity index (χ3n) is 5.64. The lowest BCUT2D eigenvalue weighted by Crippen LogP contribution is -2.48. The molecule has 0 amide bonds. The first-order valence-electron chi connectivity index (χ1n) is 9.43. The number of oxime groups is 1. The quantitative estimate of drug-likeness (QED) is 0.829. The smallest absolute Gasteiger partial charge is 0.145 e. The maximum Gasteiger partial charge on any atom is 0.145 e. The number of aromatic nitrogens is 1. The van der Waals surface area contributed by atoms with Crippen LogP contribution < -0.4 is 0 Å². The fraction of sp³-hybridized carbons (Fsp3) is 0.778. The van der Waals surface area contributed by atoms with Gasteiger partial charge in [-0.1, -0.05) is 29.6 Å². The topological polar surface area (TPSA) is 54.1 Å². The molecule has 0 spiro atoms. The lowest BCUT2D eigenvalue weighted by Gasteiger charge is -2.35. The van der Waals surface area contributed by atoms with E-state index in [1.807, 2.05) is 6.07 Å². The highest BCUT2D eigenvalue weighted by atomic mass is 16.6. The molecule has 0 N–H and O–H groups in total. The average molecular weight is 332 g/mol. The van der Waals surface area contributed by atoms with Gasteiger partial charge in [0.2, 0.25) is 0 Å². The summed E-state index contributed by atoms with van der Waals surface area (Å²) in [4.78, 5) is 10.7. The molecule has 132 valence electrons. The molecule has 2 fully saturated rings. The SMILES string of the molecule is c1cc(CN2CCN(C[C@H]3CC(C4CCCCC4)=NO3)CC2)no1. The van der Waals surface area contributed by atoms with Crippen LogP contribution in [0.4, 0.5) is 0 Å². The van der Waals surface area contributed by atoms with Gasteiger partial charge < -0.3 is 9.36 Å². The average Bonchev–Trinajstić information content (AvgIpc) is 3.29. The van der Waals surface area contributed by atoms with Crippen molar-refractivity contribution in [2.24, 2.45) is 11.1 Å². The van der Waals surface area contributed by atoms with Crippen LogP contribution in [0.3, 0.4) is 0 Å². The number of hydrogen-bond donors (Lipinski definition) is 0. The minimum Gasteiger partial charge on any atom is -0.391 e. The molecule has 6 nitrogen and oxygen atoms in total. The first kappa shape index (κ1) is 16.1. The van der Waals surface area contributed by atoms with Crippen molar-refractivity contribution in [3.05, 3.63) is 18.0 Å². The van der Waals surface area contributed by atoms with Crippen LogP contribution in [0.5, 0.6) is 0 Å². The lowest BCUT2D eigenvalue weighted by molar-refractivity contribution is 0.0335. The summed E-state index contributed by atoms with van der Waals surface area (Å²) in [7, 11) is 0. The summed E-state index contributed by atoms with van der Waals surface area (Å²) < 4.78 is 4.91. The first-order chi connectivity index (χ1) is 11.9. The molecule has 0 radical (unpaired) electrons. The van der Waals surface area contributed by atoms with E-state index < -0.39 is 0 Å². The van der Waals surface area contributed by atoms with E-state index in [4.69, 9.17) is 9.36 Å². The molecule has 6 heteroatoms. The third kappa shape index (κ3) is 3.98. The zero-order valence-corrected chi connectivity index (χ0v) is 14.4. The molecule has 1 aromatic rings. The van der Waals surface area contributed by atoms with Gasteiger partial charge in [0, 0.05) is 57.7 Å². The Balaban J connectivity index is 1.18. The molecule has 1 aliphatic carbocycles. The highest BCUT2D eigenvalue weighted by Gasteiger charge is 2.30. The van der Waals surface area contributed by atoms with Crippen LogP contribution in [0, 0.1) is 5.92 Å². The van der Waals surface area contributed by atoms with Crippen LogP contribution in [0.1, 0.15) is 44.2 Å². The zero-order chi connectivity index (χ0) is 16.2. The summed E-state index contributed by atoms with van der Waals surface area (Å²) in [6.45, 7) is 6.25. The van der Waals surface area contributed by atoms with E-state index in [-0.39, 0.29) is 6.10 Å². The maximum atomic E-state index is 5.74. The largest absolute Gasteiger partial charge is 0.391 e. The van der Waals surface area contributed by atoms with Crippen molar-refractivity contribution in [2.45, 2.75) is 51.2 Å². The van der Waals surface area contributed by atoms with Crippen molar-refractivity contribution < 1.29 is 9.36 Å². The molecular weight excluding hydrogens is 304 g/mol. The van der Waals surface area contributed by atoms with Gasteiger partial charge in [-0.25, -0.2) is 0 Å². The zero-order valence-electron chi connectivity index (χ0n) is 14.4. The summed E-state index contributed by atoms with van der Waals surface area (Å²) in [5, 5.41) is 8.43. The molecule has 0 unspecified atom stereocenters. The van der Waals surface area contributed by atoms with E-state index in [0.29, 0.717) is 5.92 Å². The van der Waals surface area contributed by atoms with Gasteiger partial charge in [0.05, 0.1) is 11.4 Å². The lowest BCUT2D eigenvalue weighted by atomic mass is 9.84. The molecule has 4 rings (SSSR count). The predicted molar refractivity (Wildman–Crippen MR) is 91.7 cm³/mol. The fourth-order valence-corrected chi connectivity index (χ4v) is 4.19. The standard InChI is InChI=1S/C18H28N4O2/c1-2-4-15(5-3-1)18-12-17(24-20-18)14-22-9-7-21(8-10-22)13-16-6-11-23-19-16/h6,11,15,17H,1-5,7-10,12-14H2/t17-/m1/s1. The molecule has 1 aromatic heterocycles. The summed E-state index contributed by atoms with van der Waals surface area (Å²) >= 11 is 0. The molecule has 1 saturated heterocycles. The van der Waals surface area contributed by atoms with Crippen molar-refractivity contribution in [3.8, 4) is 0 Å². The van der Waals surface area contributed by atoms with Crippen LogP contribution >= 0.6 is 0 Å². The minimum atomic E-state index is 0.268. The second-order valence-electron chi connectivity index (χ2n) is 7.42. The number of rotatable bonds is 5.